The molecule has 1 unspecified atom stereocenters. The van der Waals surface area contributed by atoms with Gasteiger partial charge in [0, 0.05) is 18.8 Å². The number of hydrogen-bond donors (Lipinski definition) is 1. The van der Waals surface area contributed by atoms with Gasteiger partial charge < -0.3 is 15.0 Å². The molecule has 0 saturated heterocycles. The molecule has 152 valence electrons. The number of ether oxygens (including phenoxy) is 1. The Morgan fingerprint density at radius 2 is 1.79 bits per heavy atom. The molecule has 1 fully saturated rings. The molecule has 2 aromatic rings. The van der Waals surface area contributed by atoms with Gasteiger partial charge in [0.2, 0.25) is 0 Å². The Bertz CT molecular complexity index is 812. The van der Waals surface area contributed by atoms with Gasteiger partial charge in [-0.1, -0.05) is 30.3 Å². The maximum atomic E-state index is 12.7. The molecule has 28 heavy (non-hydrogen) atoms. The maximum Gasteiger partial charge on any atom is 0.416 e. The van der Waals surface area contributed by atoms with Gasteiger partial charge >= 0.3 is 6.18 Å². The SMILES string of the molecule is NCC(CO[C@H]1CC[C@@H](c2ccccc2)CC1)n1ccc(C(F)(F)F)cc1=O. The van der Waals surface area contributed by atoms with Crippen LogP contribution in [0.25, 0.3) is 0 Å². The Labute approximate surface area is 162 Å². The zero-order valence-electron chi connectivity index (χ0n) is 15.6. The predicted molar refractivity (Wildman–Crippen MR) is 101 cm³/mol. The van der Waals surface area contributed by atoms with Gasteiger partial charge in [0.05, 0.1) is 24.3 Å². The molecule has 0 bridgehead atoms. The predicted octanol–water partition coefficient (Wildman–Crippen LogP) is 4.11. The first-order valence-electron chi connectivity index (χ1n) is 9.54. The van der Waals surface area contributed by atoms with Gasteiger partial charge in [0.15, 0.2) is 0 Å². The van der Waals surface area contributed by atoms with Gasteiger partial charge in [0.25, 0.3) is 5.56 Å². The number of rotatable bonds is 6. The van der Waals surface area contributed by atoms with Crippen molar-refractivity contribution in [1.82, 2.24) is 4.57 Å². The van der Waals surface area contributed by atoms with Crippen molar-refractivity contribution in [2.24, 2.45) is 5.73 Å². The summed E-state index contributed by atoms with van der Waals surface area (Å²) in [6.07, 6.45) is 0.587. The second-order valence-electron chi connectivity index (χ2n) is 7.27. The Morgan fingerprint density at radius 1 is 1.11 bits per heavy atom. The third-order valence-corrected chi connectivity index (χ3v) is 5.41. The number of nitrogens with zero attached hydrogens (tertiary/aromatic N) is 1. The van der Waals surface area contributed by atoms with Gasteiger partial charge in [-0.2, -0.15) is 13.2 Å². The molecule has 1 aromatic heterocycles. The van der Waals surface area contributed by atoms with E-state index >= 15 is 0 Å². The average Bonchev–Trinajstić information content (AvgIpc) is 2.70. The fraction of sp³-hybridized carbons (Fsp3) is 0.476. The van der Waals surface area contributed by atoms with Gasteiger partial charge in [-0.15, -0.1) is 0 Å². The summed E-state index contributed by atoms with van der Waals surface area (Å²) in [6, 6.07) is 11.4. The second-order valence-corrected chi connectivity index (χ2v) is 7.27. The molecular weight excluding hydrogens is 369 g/mol. The van der Waals surface area contributed by atoms with Gasteiger partial charge in [-0.3, -0.25) is 4.79 Å². The lowest BCUT2D eigenvalue weighted by Crippen LogP contribution is -2.34. The van der Waals surface area contributed by atoms with E-state index in [1.54, 1.807) is 0 Å². The standard InChI is InChI=1S/C21H25F3N2O2/c22-21(23,24)17-10-11-26(20(27)12-17)18(13-25)14-28-19-8-6-16(7-9-19)15-4-2-1-3-5-15/h1-5,10-12,16,18-19H,6-9,13-14,25H2/t16-,18?,19+. The van der Waals surface area contributed by atoms with E-state index in [-0.39, 0.29) is 19.3 Å². The zero-order valence-corrected chi connectivity index (χ0v) is 15.6. The molecule has 7 heteroatoms. The summed E-state index contributed by atoms with van der Waals surface area (Å²) in [6.45, 7) is 0.326. The van der Waals surface area contributed by atoms with Crippen molar-refractivity contribution in [2.45, 2.75) is 49.9 Å². The van der Waals surface area contributed by atoms with E-state index in [0.29, 0.717) is 12.0 Å². The van der Waals surface area contributed by atoms with Crippen molar-refractivity contribution in [3.8, 4) is 0 Å². The normalized spacial score (nSPS) is 21.4. The molecule has 4 nitrogen and oxygen atoms in total. The van der Waals surface area contributed by atoms with E-state index in [0.717, 1.165) is 37.9 Å². The molecule has 1 atom stereocenters. The minimum atomic E-state index is -4.54. The van der Waals surface area contributed by atoms with Crippen LogP contribution in [0.4, 0.5) is 13.2 Å². The van der Waals surface area contributed by atoms with Gasteiger partial charge in [0.1, 0.15) is 0 Å². The first-order valence-corrected chi connectivity index (χ1v) is 9.54. The molecule has 2 N–H and O–H groups in total. The van der Waals surface area contributed by atoms with Crippen molar-refractivity contribution in [2.75, 3.05) is 13.2 Å². The highest BCUT2D eigenvalue weighted by molar-refractivity contribution is 5.20. The number of pyridine rings is 1. The summed E-state index contributed by atoms with van der Waals surface area (Å²) in [7, 11) is 0. The Morgan fingerprint density at radius 3 is 2.36 bits per heavy atom. The van der Waals surface area contributed by atoms with Crippen LogP contribution in [-0.2, 0) is 10.9 Å². The lowest BCUT2D eigenvalue weighted by atomic mass is 9.83. The molecule has 1 heterocycles. The Hall–Kier alpha value is -2.12. The third-order valence-electron chi connectivity index (χ3n) is 5.41. The lowest BCUT2D eigenvalue weighted by Gasteiger charge is -2.30. The molecule has 0 radical (unpaired) electrons. The van der Waals surface area contributed by atoms with Crippen LogP contribution in [0.2, 0.25) is 0 Å². The minimum absolute atomic E-state index is 0.0826. The molecule has 0 amide bonds. The summed E-state index contributed by atoms with van der Waals surface area (Å²) in [5.74, 6) is 0.531. The number of alkyl halides is 3. The summed E-state index contributed by atoms with van der Waals surface area (Å²) in [4.78, 5) is 12.1. The van der Waals surface area contributed by atoms with E-state index in [9.17, 15) is 18.0 Å². The first-order chi connectivity index (χ1) is 13.4. The molecular formula is C21H25F3N2O2. The zero-order chi connectivity index (χ0) is 20.1. The van der Waals surface area contributed by atoms with E-state index in [4.69, 9.17) is 10.5 Å². The summed E-state index contributed by atoms with van der Waals surface area (Å²) >= 11 is 0. The number of benzene rings is 1. The van der Waals surface area contributed by atoms with Crippen LogP contribution in [0.1, 0.15) is 48.8 Å². The van der Waals surface area contributed by atoms with E-state index < -0.39 is 23.3 Å². The number of aromatic nitrogens is 1. The molecule has 1 aromatic carbocycles. The van der Waals surface area contributed by atoms with Crippen LogP contribution >= 0.6 is 0 Å². The highest BCUT2D eigenvalue weighted by Gasteiger charge is 2.31. The lowest BCUT2D eigenvalue weighted by molar-refractivity contribution is -0.137. The molecule has 1 aliphatic carbocycles. The molecule has 1 aliphatic rings. The number of halogens is 3. The van der Waals surface area contributed by atoms with Crippen molar-refractivity contribution in [3.63, 3.8) is 0 Å². The molecule has 0 aliphatic heterocycles. The number of nitrogens with two attached hydrogens (primary N) is 1. The van der Waals surface area contributed by atoms with Crippen molar-refractivity contribution >= 4 is 0 Å². The maximum absolute atomic E-state index is 12.7. The fourth-order valence-corrected chi connectivity index (χ4v) is 3.76. The van der Waals surface area contributed by atoms with Crippen LogP contribution in [-0.4, -0.2) is 23.8 Å². The summed E-state index contributed by atoms with van der Waals surface area (Å²) < 4.78 is 45.4. The Kier molecular flexibility index (Phi) is 6.57. The monoisotopic (exact) mass is 394 g/mol. The van der Waals surface area contributed by atoms with Crippen LogP contribution in [0.5, 0.6) is 0 Å². The first kappa shape index (κ1) is 20.6. The van der Waals surface area contributed by atoms with Gasteiger partial charge in [-0.25, -0.2) is 0 Å². The third kappa shape index (κ3) is 5.02. The van der Waals surface area contributed by atoms with E-state index in [2.05, 4.69) is 12.1 Å². The highest BCUT2D eigenvalue weighted by atomic mass is 19.4. The molecule has 0 spiro atoms. The summed E-state index contributed by atoms with van der Waals surface area (Å²) in [5, 5.41) is 0. The summed E-state index contributed by atoms with van der Waals surface area (Å²) in [5.41, 5.74) is 5.42. The van der Waals surface area contributed by atoms with Crippen molar-refractivity contribution in [3.05, 3.63) is 70.1 Å². The highest BCUT2D eigenvalue weighted by Crippen LogP contribution is 2.34. The van der Waals surface area contributed by atoms with Crippen LogP contribution < -0.4 is 11.3 Å². The van der Waals surface area contributed by atoms with Crippen molar-refractivity contribution < 1.29 is 17.9 Å². The van der Waals surface area contributed by atoms with Crippen molar-refractivity contribution in [1.29, 1.82) is 0 Å². The Balaban J connectivity index is 1.56. The fourth-order valence-electron chi connectivity index (χ4n) is 3.76. The van der Waals surface area contributed by atoms with Crippen LogP contribution in [0.3, 0.4) is 0 Å². The van der Waals surface area contributed by atoms with Crippen LogP contribution in [0.15, 0.2) is 53.5 Å². The topological polar surface area (TPSA) is 57.2 Å². The number of hydrogen-bond acceptors (Lipinski definition) is 3. The average molecular weight is 394 g/mol. The van der Waals surface area contributed by atoms with E-state index in [1.165, 1.54) is 10.1 Å². The largest absolute Gasteiger partial charge is 0.416 e. The van der Waals surface area contributed by atoms with Gasteiger partial charge in [-0.05, 0) is 43.2 Å². The quantitative estimate of drug-likeness (QED) is 0.802. The minimum Gasteiger partial charge on any atom is -0.376 e. The van der Waals surface area contributed by atoms with Crippen LogP contribution in [0, 0.1) is 0 Å². The molecule has 1 saturated carbocycles. The second kappa shape index (κ2) is 8.92. The smallest absolute Gasteiger partial charge is 0.376 e. The molecule has 3 rings (SSSR count). The van der Waals surface area contributed by atoms with E-state index in [1.807, 2.05) is 18.2 Å².